The van der Waals surface area contributed by atoms with Crippen LogP contribution in [-0.2, 0) is 13.0 Å². The molecule has 0 saturated heterocycles. The van der Waals surface area contributed by atoms with Crippen LogP contribution in [0.4, 0.5) is 4.39 Å². The predicted molar refractivity (Wildman–Crippen MR) is 107 cm³/mol. The molecule has 6 nitrogen and oxygen atoms in total. The van der Waals surface area contributed by atoms with Crippen LogP contribution in [0.3, 0.4) is 0 Å². The van der Waals surface area contributed by atoms with E-state index in [0.29, 0.717) is 23.6 Å². The number of guanidine groups is 1. The molecule has 2 N–H and O–H groups in total. The first-order valence-electron chi connectivity index (χ1n) is 8.91. The van der Waals surface area contributed by atoms with E-state index in [1.54, 1.807) is 13.2 Å². The Balaban J connectivity index is 1.49. The summed E-state index contributed by atoms with van der Waals surface area (Å²) in [6.07, 6.45) is 4.47. The zero-order valence-electron chi connectivity index (χ0n) is 15.6. The smallest absolute Gasteiger partial charge is 0.191 e. The van der Waals surface area contributed by atoms with Gasteiger partial charge >= 0.3 is 0 Å². The van der Waals surface area contributed by atoms with E-state index in [4.69, 9.17) is 5.26 Å². The van der Waals surface area contributed by atoms with Gasteiger partial charge in [-0.3, -0.25) is 4.99 Å². The summed E-state index contributed by atoms with van der Waals surface area (Å²) in [5.41, 5.74) is 3.06. The standard InChI is InChI=1S/C21H21FN6/c1-24-21(26-15-18-13-17(14-23)5-8-20(18)22)25-11-9-16-3-6-19(7-4-16)28-12-2-10-27-28/h2-8,10,12-13H,9,11,15H2,1H3,(H2,24,25,26). The Labute approximate surface area is 163 Å². The third-order valence-electron chi connectivity index (χ3n) is 4.26. The number of hydrogen-bond donors (Lipinski definition) is 2. The molecule has 0 radical (unpaired) electrons. The molecular formula is C21H21FN6. The Morgan fingerprint density at radius 2 is 2.04 bits per heavy atom. The van der Waals surface area contributed by atoms with Gasteiger partial charge in [0.1, 0.15) is 5.82 Å². The lowest BCUT2D eigenvalue weighted by atomic mass is 10.1. The van der Waals surface area contributed by atoms with Gasteiger partial charge in [0, 0.05) is 38.1 Å². The van der Waals surface area contributed by atoms with E-state index in [2.05, 4.69) is 32.9 Å². The quantitative estimate of drug-likeness (QED) is 0.512. The number of aliphatic imine (C=N–C) groups is 1. The minimum Gasteiger partial charge on any atom is -0.356 e. The van der Waals surface area contributed by atoms with Crippen LogP contribution in [0.25, 0.3) is 5.69 Å². The number of aromatic nitrogens is 2. The van der Waals surface area contributed by atoms with E-state index in [1.165, 1.54) is 23.8 Å². The molecular weight excluding hydrogens is 355 g/mol. The largest absolute Gasteiger partial charge is 0.356 e. The number of halogens is 1. The Morgan fingerprint density at radius 3 is 2.71 bits per heavy atom. The van der Waals surface area contributed by atoms with E-state index < -0.39 is 0 Å². The molecule has 0 aliphatic heterocycles. The number of nitrogens with zero attached hydrogens (tertiary/aromatic N) is 4. The minimum atomic E-state index is -0.348. The third kappa shape index (κ3) is 4.95. The Bertz CT molecular complexity index is 971. The molecule has 0 aliphatic rings. The van der Waals surface area contributed by atoms with Gasteiger partial charge in [-0.25, -0.2) is 9.07 Å². The molecule has 2 aromatic carbocycles. The van der Waals surface area contributed by atoms with E-state index in [-0.39, 0.29) is 12.4 Å². The average Bonchev–Trinajstić information content (AvgIpc) is 3.27. The number of rotatable bonds is 6. The van der Waals surface area contributed by atoms with Gasteiger partial charge in [-0.15, -0.1) is 0 Å². The highest BCUT2D eigenvalue weighted by Gasteiger charge is 2.05. The maximum atomic E-state index is 13.9. The lowest BCUT2D eigenvalue weighted by Crippen LogP contribution is -2.38. The molecule has 0 bridgehead atoms. The third-order valence-corrected chi connectivity index (χ3v) is 4.26. The Kier molecular flexibility index (Phi) is 6.37. The second kappa shape index (κ2) is 9.33. The number of nitrogens with one attached hydrogen (secondary N) is 2. The summed E-state index contributed by atoms with van der Waals surface area (Å²) in [4.78, 5) is 4.15. The Morgan fingerprint density at radius 1 is 1.21 bits per heavy atom. The molecule has 0 aliphatic carbocycles. The van der Waals surface area contributed by atoms with Gasteiger partial charge < -0.3 is 10.6 Å². The number of nitriles is 1. The number of hydrogen-bond acceptors (Lipinski definition) is 3. The van der Waals surface area contributed by atoms with Crippen LogP contribution in [0.5, 0.6) is 0 Å². The fourth-order valence-corrected chi connectivity index (χ4v) is 2.74. The summed E-state index contributed by atoms with van der Waals surface area (Å²) in [5, 5.41) is 19.4. The highest BCUT2D eigenvalue weighted by molar-refractivity contribution is 5.79. The summed E-state index contributed by atoms with van der Waals surface area (Å²) in [6.45, 7) is 0.932. The van der Waals surface area contributed by atoms with Crippen molar-refractivity contribution in [3.63, 3.8) is 0 Å². The topological polar surface area (TPSA) is 78.0 Å². The van der Waals surface area contributed by atoms with Gasteiger partial charge in [0.15, 0.2) is 5.96 Å². The SMILES string of the molecule is CN=C(NCCc1ccc(-n2cccn2)cc1)NCc1cc(C#N)ccc1F. The average molecular weight is 376 g/mol. The zero-order valence-corrected chi connectivity index (χ0v) is 15.6. The van der Waals surface area contributed by atoms with Gasteiger partial charge in [0.05, 0.1) is 17.3 Å². The molecule has 0 fully saturated rings. The second-order valence-corrected chi connectivity index (χ2v) is 6.14. The number of benzene rings is 2. The summed E-state index contributed by atoms with van der Waals surface area (Å²) in [7, 11) is 1.66. The van der Waals surface area contributed by atoms with Crippen molar-refractivity contribution in [1.82, 2.24) is 20.4 Å². The molecule has 28 heavy (non-hydrogen) atoms. The summed E-state index contributed by atoms with van der Waals surface area (Å²) in [5.74, 6) is 0.231. The normalized spacial score (nSPS) is 11.1. The summed E-state index contributed by atoms with van der Waals surface area (Å²) in [6, 6.07) is 16.4. The lowest BCUT2D eigenvalue weighted by Gasteiger charge is -2.13. The minimum absolute atomic E-state index is 0.250. The molecule has 0 spiro atoms. The van der Waals surface area contributed by atoms with Crippen molar-refractivity contribution in [2.45, 2.75) is 13.0 Å². The monoisotopic (exact) mass is 376 g/mol. The molecule has 0 atom stereocenters. The first-order valence-corrected chi connectivity index (χ1v) is 8.91. The first kappa shape index (κ1) is 19.1. The van der Waals surface area contributed by atoms with E-state index in [9.17, 15) is 4.39 Å². The van der Waals surface area contributed by atoms with E-state index >= 15 is 0 Å². The van der Waals surface area contributed by atoms with Gasteiger partial charge in [-0.1, -0.05) is 12.1 Å². The van der Waals surface area contributed by atoms with Gasteiger partial charge in [-0.2, -0.15) is 10.4 Å². The summed E-state index contributed by atoms with van der Waals surface area (Å²) < 4.78 is 15.7. The first-order chi connectivity index (χ1) is 13.7. The summed E-state index contributed by atoms with van der Waals surface area (Å²) >= 11 is 0. The van der Waals surface area contributed by atoms with Crippen molar-refractivity contribution >= 4 is 5.96 Å². The molecule has 3 aromatic rings. The van der Waals surface area contributed by atoms with Crippen molar-refractivity contribution in [2.24, 2.45) is 4.99 Å². The molecule has 7 heteroatoms. The van der Waals surface area contributed by atoms with E-state index in [1.807, 2.05) is 35.1 Å². The maximum Gasteiger partial charge on any atom is 0.191 e. The Hall–Kier alpha value is -3.66. The van der Waals surface area contributed by atoms with Crippen LogP contribution < -0.4 is 10.6 Å². The molecule has 0 saturated carbocycles. The van der Waals surface area contributed by atoms with Crippen molar-refractivity contribution in [3.8, 4) is 11.8 Å². The highest BCUT2D eigenvalue weighted by atomic mass is 19.1. The molecule has 0 amide bonds. The maximum absolute atomic E-state index is 13.9. The van der Waals surface area contributed by atoms with Gasteiger partial charge in [0.2, 0.25) is 0 Å². The molecule has 1 aromatic heterocycles. The molecule has 1 heterocycles. The second-order valence-electron chi connectivity index (χ2n) is 6.14. The van der Waals surface area contributed by atoms with Crippen LogP contribution >= 0.6 is 0 Å². The van der Waals surface area contributed by atoms with Crippen LogP contribution in [0.2, 0.25) is 0 Å². The van der Waals surface area contributed by atoms with Gasteiger partial charge in [-0.05, 0) is 48.4 Å². The van der Waals surface area contributed by atoms with Crippen LogP contribution in [-0.4, -0.2) is 29.3 Å². The lowest BCUT2D eigenvalue weighted by molar-refractivity contribution is 0.604. The molecule has 0 unspecified atom stereocenters. The molecule has 142 valence electrons. The van der Waals surface area contributed by atoms with Crippen molar-refractivity contribution in [1.29, 1.82) is 5.26 Å². The van der Waals surface area contributed by atoms with Crippen molar-refractivity contribution < 1.29 is 4.39 Å². The van der Waals surface area contributed by atoms with Gasteiger partial charge in [0.25, 0.3) is 0 Å². The van der Waals surface area contributed by atoms with Crippen molar-refractivity contribution in [2.75, 3.05) is 13.6 Å². The van der Waals surface area contributed by atoms with Crippen LogP contribution in [0.1, 0.15) is 16.7 Å². The van der Waals surface area contributed by atoms with Crippen LogP contribution in [0.15, 0.2) is 65.9 Å². The zero-order chi connectivity index (χ0) is 19.8. The fraction of sp³-hybridized carbons (Fsp3) is 0.190. The molecule has 3 rings (SSSR count). The van der Waals surface area contributed by atoms with E-state index in [0.717, 1.165) is 12.1 Å². The predicted octanol–water partition coefficient (Wildman–Crippen LogP) is 2.79. The van der Waals surface area contributed by atoms with Crippen molar-refractivity contribution in [3.05, 3.63) is 83.4 Å². The highest BCUT2D eigenvalue weighted by Crippen LogP contribution is 2.10. The van der Waals surface area contributed by atoms with Crippen LogP contribution in [0, 0.1) is 17.1 Å². The fourth-order valence-electron chi connectivity index (χ4n) is 2.74.